The van der Waals surface area contributed by atoms with Crippen LogP contribution < -0.4 is 21.0 Å². The van der Waals surface area contributed by atoms with Crippen LogP contribution in [0.3, 0.4) is 0 Å². The average molecular weight is 317 g/mol. The highest BCUT2D eigenvalue weighted by molar-refractivity contribution is 5.71. The quantitative estimate of drug-likeness (QED) is 0.283. The number of nitrogens with one attached hydrogen (secondary N) is 2. The Bertz CT molecular complexity index is 624. The van der Waals surface area contributed by atoms with Crippen molar-refractivity contribution in [3.63, 3.8) is 0 Å². The molecule has 0 amide bonds. The van der Waals surface area contributed by atoms with Crippen molar-refractivity contribution in [3.05, 3.63) is 10.4 Å². The predicted octanol–water partition coefficient (Wildman–Crippen LogP) is -3.02. The molecule has 0 saturated carbocycles. The first kappa shape index (κ1) is 15.0. The third-order valence-electron chi connectivity index (χ3n) is 3.62. The summed E-state index contributed by atoms with van der Waals surface area (Å²) in [5, 5.41) is 48.2. The number of aliphatic hydroxyl groups is 3. The van der Waals surface area contributed by atoms with Crippen LogP contribution in [-0.2, 0) is 4.74 Å². The van der Waals surface area contributed by atoms with E-state index in [0.717, 1.165) is 0 Å². The molecule has 2 aliphatic heterocycles. The van der Waals surface area contributed by atoms with Gasteiger partial charge in [0.25, 0.3) is 5.56 Å². The second kappa shape index (κ2) is 5.35. The molecule has 0 spiro atoms. The number of H-pyrrole nitrogens is 1. The number of aromatic nitrogens is 2. The van der Waals surface area contributed by atoms with Crippen LogP contribution in [-0.4, -0.2) is 73.5 Å². The van der Waals surface area contributed by atoms with Crippen molar-refractivity contribution in [2.24, 2.45) is 0 Å². The Labute approximate surface area is 122 Å². The minimum Gasteiger partial charge on any atom is -0.394 e. The lowest BCUT2D eigenvalue weighted by molar-refractivity contribution is -0.0229. The molecular weight excluding hydrogens is 302 g/mol. The molecule has 0 aliphatic carbocycles. The number of hydroxylamine groups is 1. The van der Waals surface area contributed by atoms with E-state index in [1.165, 1.54) is 4.90 Å². The van der Waals surface area contributed by atoms with Crippen molar-refractivity contribution in [3.8, 4) is 0 Å². The van der Waals surface area contributed by atoms with Crippen molar-refractivity contribution in [2.75, 3.05) is 28.7 Å². The number of hydrogen-bond donors (Lipinski definition) is 7. The largest absolute Gasteiger partial charge is 0.394 e. The van der Waals surface area contributed by atoms with Gasteiger partial charge in [0.2, 0.25) is 5.95 Å². The second-order valence-electron chi connectivity index (χ2n) is 4.94. The maximum atomic E-state index is 11.9. The minimum absolute atomic E-state index is 0.0577. The number of aromatic amines is 1. The number of anilines is 3. The molecule has 7 N–H and O–H groups in total. The summed E-state index contributed by atoms with van der Waals surface area (Å²) in [5.74, 6) is -0.326. The van der Waals surface area contributed by atoms with Gasteiger partial charge in [-0.2, -0.15) is 4.98 Å². The topological polar surface area (TPSA) is 175 Å². The molecule has 2 aliphatic rings. The van der Waals surface area contributed by atoms with Crippen molar-refractivity contribution in [1.82, 2.24) is 9.97 Å². The molecule has 12 heteroatoms. The van der Waals surface area contributed by atoms with Crippen LogP contribution in [0, 0.1) is 0 Å². The van der Waals surface area contributed by atoms with Crippen LogP contribution in [0.5, 0.6) is 0 Å². The van der Waals surface area contributed by atoms with Gasteiger partial charge in [-0.3, -0.25) is 20.2 Å². The van der Waals surface area contributed by atoms with Gasteiger partial charge in [0.05, 0.1) is 6.61 Å². The number of hydrogen-bond acceptors (Lipinski definition) is 11. The van der Waals surface area contributed by atoms with Crippen molar-refractivity contribution >= 4 is 17.5 Å². The maximum Gasteiger partial charge on any atom is 0.280 e. The highest BCUT2D eigenvalue weighted by atomic mass is 16.6. The molecule has 22 heavy (non-hydrogen) atoms. The fourth-order valence-electron chi connectivity index (χ4n) is 2.56. The van der Waals surface area contributed by atoms with Gasteiger partial charge >= 0.3 is 0 Å². The van der Waals surface area contributed by atoms with E-state index in [0.29, 0.717) is 5.06 Å². The lowest BCUT2D eigenvalue weighted by atomic mass is 10.1. The zero-order valence-electron chi connectivity index (χ0n) is 11.1. The highest BCUT2D eigenvalue weighted by Gasteiger charge is 2.48. The standard InChI is InChI=1S/C10H15N5O7/c16-1-3-5(17)6(18)9(22-3)14-2-15(21)4-7(14)11-10(13-20)12-8(4)19/h3,5-6,9,16-18,20-21H,1-2H2,(H2,11,12,13,19)/t3-,5-,6-,9-/m1/s1. The van der Waals surface area contributed by atoms with E-state index in [-0.39, 0.29) is 24.1 Å². The molecule has 0 unspecified atom stereocenters. The number of fused-ring (bicyclic) bond motifs is 1. The first-order valence-electron chi connectivity index (χ1n) is 6.38. The van der Waals surface area contributed by atoms with Crippen LogP contribution in [0.1, 0.15) is 0 Å². The van der Waals surface area contributed by atoms with E-state index in [2.05, 4.69) is 9.97 Å². The Morgan fingerprint density at radius 3 is 2.73 bits per heavy atom. The van der Waals surface area contributed by atoms with Gasteiger partial charge in [0.15, 0.2) is 17.7 Å². The van der Waals surface area contributed by atoms with Crippen LogP contribution in [0.25, 0.3) is 0 Å². The van der Waals surface area contributed by atoms with E-state index in [9.17, 15) is 20.2 Å². The SMILES string of the molecule is O=c1[nH]c(NO)nc2c1N(O)CN2[C@@H]1O[C@H](CO)[C@@H](O)[C@H]1O. The summed E-state index contributed by atoms with van der Waals surface area (Å²) >= 11 is 0. The monoisotopic (exact) mass is 317 g/mol. The first-order valence-corrected chi connectivity index (χ1v) is 6.38. The molecule has 4 atom stereocenters. The van der Waals surface area contributed by atoms with E-state index in [1.54, 1.807) is 5.48 Å². The van der Waals surface area contributed by atoms with Gasteiger partial charge in [-0.25, -0.2) is 10.5 Å². The number of ether oxygens (including phenoxy) is 1. The molecule has 12 nitrogen and oxygen atoms in total. The molecule has 3 heterocycles. The molecule has 1 saturated heterocycles. The molecule has 1 aromatic rings. The zero-order valence-corrected chi connectivity index (χ0v) is 11.1. The van der Waals surface area contributed by atoms with Gasteiger partial charge in [0, 0.05) is 0 Å². The average Bonchev–Trinajstić information content (AvgIpc) is 2.98. The fraction of sp³-hybridized carbons (Fsp3) is 0.600. The predicted molar refractivity (Wildman–Crippen MR) is 69.6 cm³/mol. The molecule has 1 aromatic heterocycles. The summed E-state index contributed by atoms with van der Waals surface area (Å²) in [5.41, 5.74) is 0.756. The number of nitrogens with zero attached hydrogens (tertiary/aromatic N) is 3. The van der Waals surface area contributed by atoms with Gasteiger partial charge in [-0.15, -0.1) is 0 Å². The molecule has 1 fully saturated rings. The van der Waals surface area contributed by atoms with Crippen LogP contribution in [0.2, 0.25) is 0 Å². The Morgan fingerprint density at radius 2 is 2.14 bits per heavy atom. The van der Waals surface area contributed by atoms with E-state index < -0.39 is 36.7 Å². The summed E-state index contributed by atoms with van der Waals surface area (Å²) in [6.45, 7) is -0.766. The lowest BCUT2D eigenvalue weighted by Gasteiger charge is -2.27. The Balaban J connectivity index is 1.99. The molecule has 0 radical (unpaired) electrons. The zero-order chi connectivity index (χ0) is 16.0. The smallest absolute Gasteiger partial charge is 0.280 e. The first-order chi connectivity index (χ1) is 10.5. The van der Waals surface area contributed by atoms with Gasteiger partial charge in [-0.05, 0) is 0 Å². The summed E-state index contributed by atoms with van der Waals surface area (Å²) < 4.78 is 5.34. The Kier molecular flexibility index (Phi) is 3.64. The Hall–Kier alpha value is -1.96. The van der Waals surface area contributed by atoms with Crippen LogP contribution in [0.15, 0.2) is 4.79 Å². The molecule has 0 aromatic carbocycles. The summed E-state index contributed by atoms with van der Waals surface area (Å²) in [4.78, 5) is 19.2. The lowest BCUT2D eigenvalue weighted by Crippen LogP contribution is -2.45. The number of rotatable bonds is 3. The molecule has 122 valence electrons. The fourth-order valence-corrected chi connectivity index (χ4v) is 2.56. The van der Waals surface area contributed by atoms with Gasteiger partial charge in [0.1, 0.15) is 25.0 Å². The minimum atomic E-state index is -1.39. The third-order valence-corrected chi connectivity index (χ3v) is 3.62. The van der Waals surface area contributed by atoms with Crippen molar-refractivity contribution in [2.45, 2.75) is 24.5 Å². The molecular formula is C10H15N5O7. The van der Waals surface area contributed by atoms with Crippen molar-refractivity contribution < 1.29 is 30.5 Å². The highest BCUT2D eigenvalue weighted by Crippen LogP contribution is 2.35. The molecule has 3 rings (SSSR count). The van der Waals surface area contributed by atoms with E-state index in [4.69, 9.17) is 15.1 Å². The second-order valence-corrected chi connectivity index (χ2v) is 4.94. The summed E-state index contributed by atoms with van der Waals surface area (Å²) in [6, 6.07) is 0. The van der Waals surface area contributed by atoms with Crippen LogP contribution >= 0.6 is 0 Å². The maximum absolute atomic E-state index is 11.9. The summed E-state index contributed by atoms with van der Waals surface area (Å²) in [6.07, 6.45) is -4.86. The Morgan fingerprint density at radius 1 is 1.41 bits per heavy atom. The van der Waals surface area contributed by atoms with Gasteiger partial charge in [-0.1, -0.05) is 0 Å². The number of aliphatic hydroxyl groups excluding tert-OH is 3. The molecule has 0 bridgehead atoms. The third kappa shape index (κ3) is 2.09. The van der Waals surface area contributed by atoms with Crippen molar-refractivity contribution in [1.29, 1.82) is 0 Å². The van der Waals surface area contributed by atoms with E-state index >= 15 is 0 Å². The van der Waals surface area contributed by atoms with Crippen LogP contribution in [0.4, 0.5) is 17.5 Å². The summed E-state index contributed by atoms with van der Waals surface area (Å²) in [7, 11) is 0. The van der Waals surface area contributed by atoms with E-state index in [1.807, 2.05) is 0 Å². The normalized spacial score (nSPS) is 30.8. The van der Waals surface area contributed by atoms with Gasteiger partial charge < -0.3 is 25.0 Å².